The SMILES string of the molecule is CNC(=O)C(C)N(Cc1cccc(C)c1)C(=O)CN(c1ccc(Br)cc1)S(C)(=O)=O. The van der Waals surface area contributed by atoms with E-state index in [2.05, 4.69) is 21.2 Å². The van der Waals surface area contributed by atoms with Crippen LogP contribution in [0.25, 0.3) is 0 Å². The molecule has 162 valence electrons. The summed E-state index contributed by atoms with van der Waals surface area (Å²) in [5.41, 5.74) is 2.26. The van der Waals surface area contributed by atoms with Crippen molar-refractivity contribution < 1.29 is 18.0 Å². The van der Waals surface area contributed by atoms with Crippen LogP contribution in [0.2, 0.25) is 0 Å². The standard InChI is InChI=1S/C21H26BrN3O4S/c1-15-6-5-7-17(12-15)13-24(16(2)21(27)23-3)20(26)14-25(30(4,28)29)19-10-8-18(22)9-11-19/h5-12,16H,13-14H2,1-4H3,(H,23,27). The van der Waals surface area contributed by atoms with Crippen LogP contribution in [-0.2, 0) is 26.2 Å². The van der Waals surface area contributed by atoms with Crippen LogP contribution in [0.1, 0.15) is 18.1 Å². The van der Waals surface area contributed by atoms with Gasteiger partial charge in [-0.05, 0) is 43.7 Å². The first-order chi connectivity index (χ1) is 14.0. The van der Waals surface area contributed by atoms with E-state index in [9.17, 15) is 18.0 Å². The monoisotopic (exact) mass is 495 g/mol. The van der Waals surface area contributed by atoms with Gasteiger partial charge in [0.05, 0.1) is 11.9 Å². The quantitative estimate of drug-likeness (QED) is 0.609. The predicted octanol–water partition coefficient (Wildman–Crippen LogP) is 2.69. The molecule has 0 aliphatic carbocycles. The Kier molecular flexibility index (Phi) is 8.03. The van der Waals surface area contributed by atoms with E-state index in [0.717, 1.165) is 26.2 Å². The Labute approximate surface area is 186 Å². The number of rotatable bonds is 8. The third kappa shape index (κ3) is 6.30. The Morgan fingerprint density at radius 3 is 2.30 bits per heavy atom. The van der Waals surface area contributed by atoms with Crippen molar-refractivity contribution in [1.82, 2.24) is 10.2 Å². The second-order valence-electron chi connectivity index (χ2n) is 7.05. The molecule has 0 aliphatic heterocycles. The van der Waals surface area contributed by atoms with Crippen molar-refractivity contribution in [2.24, 2.45) is 0 Å². The van der Waals surface area contributed by atoms with Gasteiger partial charge in [0, 0.05) is 18.1 Å². The molecule has 2 rings (SSSR count). The maximum atomic E-state index is 13.2. The zero-order valence-corrected chi connectivity index (χ0v) is 19.8. The molecule has 1 unspecified atom stereocenters. The summed E-state index contributed by atoms with van der Waals surface area (Å²) in [4.78, 5) is 26.9. The molecule has 2 amide bonds. The number of hydrogen-bond donors (Lipinski definition) is 1. The largest absolute Gasteiger partial charge is 0.357 e. The number of hydrogen-bond acceptors (Lipinski definition) is 4. The summed E-state index contributed by atoms with van der Waals surface area (Å²) in [5, 5.41) is 2.55. The highest BCUT2D eigenvalue weighted by Gasteiger charge is 2.29. The molecule has 0 fully saturated rings. The number of nitrogens with zero attached hydrogens (tertiary/aromatic N) is 2. The molecular formula is C21H26BrN3O4S. The summed E-state index contributed by atoms with van der Waals surface area (Å²) in [7, 11) is -2.22. The van der Waals surface area contributed by atoms with Gasteiger partial charge in [-0.25, -0.2) is 8.42 Å². The van der Waals surface area contributed by atoms with Gasteiger partial charge in [-0.15, -0.1) is 0 Å². The van der Waals surface area contributed by atoms with Gasteiger partial charge in [0.1, 0.15) is 12.6 Å². The number of aryl methyl sites for hydroxylation is 1. The first-order valence-corrected chi connectivity index (χ1v) is 12.0. The number of carbonyl (C=O) groups excluding carboxylic acids is 2. The van der Waals surface area contributed by atoms with Crippen LogP contribution in [-0.4, -0.2) is 51.0 Å². The van der Waals surface area contributed by atoms with Crippen LogP contribution >= 0.6 is 15.9 Å². The van der Waals surface area contributed by atoms with Crippen molar-refractivity contribution in [2.45, 2.75) is 26.4 Å². The smallest absolute Gasteiger partial charge is 0.244 e. The number of likely N-dealkylation sites (N-methyl/N-ethyl adjacent to an activating group) is 1. The van der Waals surface area contributed by atoms with Crippen molar-refractivity contribution in [3.8, 4) is 0 Å². The van der Waals surface area contributed by atoms with Crippen molar-refractivity contribution in [1.29, 1.82) is 0 Å². The molecule has 1 N–H and O–H groups in total. The Morgan fingerprint density at radius 2 is 1.77 bits per heavy atom. The molecule has 0 radical (unpaired) electrons. The van der Waals surface area contributed by atoms with Crippen molar-refractivity contribution in [3.63, 3.8) is 0 Å². The van der Waals surface area contributed by atoms with E-state index in [1.54, 1.807) is 31.2 Å². The minimum absolute atomic E-state index is 0.188. The van der Waals surface area contributed by atoms with Gasteiger partial charge in [-0.1, -0.05) is 45.8 Å². The number of anilines is 1. The molecule has 2 aromatic rings. The van der Waals surface area contributed by atoms with Crippen LogP contribution in [0.5, 0.6) is 0 Å². The minimum atomic E-state index is -3.72. The van der Waals surface area contributed by atoms with Crippen molar-refractivity contribution >= 4 is 43.5 Å². The molecule has 0 saturated heterocycles. The Balaban J connectivity index is 2.36. The van der Waals surface area contributed by atoms with E-state index in [1.807, 2.05) is 31.2 Å². The van der Waals surface area contributed by atoms with E-state index >= 15 is 0 Å². The number of halogens is 1. The Hall–Kier alpha value is -2.39. The van der Waals surface area contributed by atoms with Gasteiger partial charge < -0.3 is 10.2 Å². The topological polar surface area (TPSA) is 86.8 Å². The summed E-state index contributed by atoms with van der Waals surface area (Å²) in [6.07, 6.45) is 1.05. The van der Waals surface area contributed by atoms with Crippen LogP contribution < -0.4 is 9.62 Å². The first-order valence-electron chi connectivity index (χ1n) is 9.33. The predicted molar refractivity (Wildman–Crippen MR) is 122 cm³/mol. The molecule has 0 saturated carbocycles. The Bertz CT molecular complexity index is 1010. The number of benzene rings is 2. The molecule has 0 aromatic heterocycles. The lowest BCUT2D eigenvalue weighted by Crippen LogP contribution is -2.50. The van der Waals surface area contributed by atoms with Crippen LogP contribution in [0, 0.1) is 6.92 Å². The van der Waals surface area contributed by atoms with Crippen LogP contribution in [0.4, 0.5) is 5.69 Å². The molecule has 1 atom stereocenters. The third-order valence-corrected chi connectivity index (χ3v) is 6.31. The van der Waals surface area contributed by atoms with Crippen LogP contribution in [0.15, 0.2) is 53.0 Å². The van der Waals surface area contributed by atoms with Gasteiger partial charge in [0.25, 0.3) is 0 Å². The third-order valence-electron chi connectivity index (χ3n) is 4.64. The molecule has 0 heterocycles. The van der Waals surface area contributed by atoms with Gasteiger partial charge in [0.2, 0.25) is 21.8 Å². The molecule has 0 aliphatic rings. The molecule has 7 nitrogen and oxygen atoms in total. The highest BCUT2D eigenvalue weighted by Crippen LogP contribution is 2.21. The lowest BCUT2D eigenvalue weighted by atomic mass is 10.1. The molecule has 0 bridgehead atoms. The summed E-state index contributed by atoms with van der Waals surface area (Å²) >= 11 is 3.32. The molecular weight excluding hydrogens is 470 g/mol. The minimum Gasteiger partial charge on any atom is -0.357 e. The summed E-state index contributed by atoms with van der Waals surface area (Å²) in [6, 6.07) is 13.5. The molecule has 9 heteroatoms. The lowest BCUT2D eigenvalue weighted by Gasteiger charge is -2.31. The molecule has 2 aromatic carbocycles. The molecule has 30 heavy (non-hydrogen) atoms. The van der Waals surface area contributed by atoms with E-state index in [1.165, 1.54) is 11.9 Å². The fraction of sp³-hybridized carbons (Fsp3) is 0.333. The average Bonchev–Trinajstić information content (AvgIpc) is 2.69. The lowest BCUT2D eigenvalue weighted by molar-refractivity contribution is -0.139. The zero-order chi connectivity index (χ0) is 22.5. The number of carbonyl (C=O) groups is 2. The summed E-state index contributed by atoms with van der Waals surface area (Å²) < 4.78 is 26.6. The second-order valence-corrected chi connectivity index (χ2v) is 9.87. The van der Waals surface area contributed by atoms with E-state index in [0.29, 0.717) is 5.69 Å². The summed E-state index contributed by atoms with van der Waals surface area (Å²) in [6.45, 7) is 3.34. The zero-order valence-electron chi connectivity index (χ0n) is 17.4. The van der Waals surface area contributed by atoms with Gasteiger partial charge in [-0.2, -0.15) is 0 Å². The normalized spacial score (nSPS) is 12.2. The van der Waals surface area contributed by atoms with Crippen molar-refractivity contribution in [2.75, 3.05) is 24.2 Å². The fourth-order valence-corrected chi connectivity index (χ4v) is 4.13. The van der Waals surface area contributed by atoms with E-state index in [-0.39, 0.29) is 12.5 Å². The maximum Gasteiger partial charge on any atom is 0.244 e. The second kappa shape index (κ2) is 10.1. The first kappa shape index (κ1) is 23.9. The van der Waals surface area contributed by atoms with Gasteiger partial charge in [-0.3, -0.25) is 13.9 Å². The van der Waals surface area contributed by atoms with Gasteiger partial charge >= 0.3 is 0 Å². The highest BCUT2D eigenvalue weighted by atomic mass is 79.9. The Morgan fingerprint density at radius 1 is 1.13 bits per heavy atom. The highest BCUT2D eigenvalue weighted by molar-refractivity contribution is 9.10. The van der Waals surface area contributed by atoms with Gasteiger partial charge in [0.15, 0.2) is 0 Å². The number of sulfonamides is 1. The number of nitrogens with one attached hydrogen (secondary N) is 1. The van der Waals surface area contributed by atoms with Crippen LogP contribution in [0.3, 0.4) is 0 Å². The number of amides is 2. The maximum absolute atomic E-state index is 13.2. The van der Waals surface area contributed by atoms with E-state index in [4.69, 9.17) is 0 Å². The average molecular weight is 496 g/mol. The fourth-order valence-electron chi connectivity index (χ4n) is 3.02. The van der Waals surface area contributed by atoms with Crippen molar-refractivity contribution in [3.05, 3.63) is 64.1 Å². The molecule has 0 spiro atoms. The summed E-state index contributed by atoms with van der Waals surface area (Å²) in [5.74, 6) is -0.800. The van der Waals surface area contributed by atoms with E-state index < -0.39 is 28.5 Å².